The van der Waals surface area contributed by atoms with Crippen LogP contribution in [-0.2, 0) is 4.79 Å². The molecule has 1 N–H and O–H groups in total. The second kappa shape index (κ2) is 11.6. The number of rotatable bonds is 9. The predicted molar refractivity (Wildman–Crippen MR) is 137 cm³/mol. The van der Waals surface area contributed by atoms with Gasteiger partial charge in [0.1, 0.15) is 11.4 Å². The van der Waals surface area contributed by atoms with Gasteiger partial charge in [0.15, 0.2) is 5.78 Å². The zero-order chi connectivity index (χ0) is 24.0. The molecule has 7 heteroatoms. The van der Waals surface area contributed by atoms with Gasteiger partial charge in [-0.2, -0.15) is 0 Å². The van der Waals surface area contributed by atoms with Crippen LogP contribution in [0.5, 0.6) is 0 Å². The molecule has 0 heterocycles. The molecule has 2 aromatic carbocycles. The summed E-state index contributed by atoms with van der Waals surface area (Å²) >= 11 is 18.1. The van der Waals surface area contributed by atoms with Crippen LogP contribution in [0.4, 0.5) is 0 Å². The van der Waals surface area contributed by atoms with Crippen LogP contribution < -0.4 is 5.32 Å². The summed E-state index contributed by atoms with van der Waals surface area (Å²) in [7, 11) is 0. The number of hydrogen-bond donors (Lipinski definition) is 1. The fourth-order valence-electron chi connectivity index (χ4n) is 4.46. The first-order valence-corrected chi connectivity index (χ1v) is 12.5. The van der Waals surface area contributed by atoms with Crippen LogP contribution in [0.25, 0.3) is 0 Å². The topological polar surface area (TPSA) is 58.5 Å². The molecule has 0 saturated heterocycles. The number of nitrogens with one attached hydrogen (secondary N) is 1. The number of benzene rings is 2. The number of Topliss-reactive ketones (excluding diaryl/α,β-unsaturated/α-hetero) is 1. The molecule has 0 bridgehead atoms. The summed E-state index contributed by atoms with van der Waals surface area (Å²) in [6.07, 6.45) is 6.71. The summed E-state index contributed by atoms with van der Waals surface area (Å²) in [5, 5.41) is 4.26. The van der Waals surface area contributed by atoms with Gasteiger partial charge < -0.3 is 0 Å². The van der Waals surface area contributed by atoms with E-state index in [0.717, 1.165) is 50.5 Å². The highest BCUT2D eigenvalue weighted by Crippen LogP contribution is 2.34. The van der Waals surface area contributed by atoms with Crippen LogP contribution >= 0.6 is 34.8 Å². The molecule has 33 heavy (non-hydrogen) atoms. The Morgan fingerprint density at radius 1 is 1.00 bits per heavy atom. The molecule has 1 fully saturated rings. The fourth-order valence-corrected chi connectivity index (χ4v) is 5.11. The van der Waals surface area contributed by atoms with E-state index in [2.05, 4.69) is 12.2 Å². The van der Waals surface area contributed by atoms with Crippen LogP contribution in [0.15, 0.2) is 47.5 Å². The Morgan fingerprint density at radius 3 is 2.12 bits per heavy atom. The first-order valence-electron chi connectivity index (χ1n) is 11.4. The van der Waals surface area contributed by atoms with Crippen molar-refractivity contribution in [2.45, 2.75) is 70.5 Å². The third-order valence-electron chi connectivity index (χ3n) is 6.04. The molecule has 4 nitrogen and oxygen atoms in total. The van der Waals surface area contributed by atoms with Crippen molar-refractivity contribution in [3.63, 3.8) is 0 Å². The molecular weight excluding hydrogens is 479 g/mol. The molecule has 3 rings (SSSR count). The van der Waals surface area contributed by atoms with Crippen LogP contribution in [0, 0.1) is 0 Å². The first kappa shape index (κ1) is 25.9. The Kier molecular flexibility index (Phi) is 9.11. The van der Waals surface area contributed by atoms with Gasteiger partial charge in [0.05, 0.1) is 0 Å². The van der Waals surface area contributed by atoms with E-state index in [4.69, 9.17) is 39.8 Å². The van der Waals surface area contributed by atoms with Gasteiger partial charge in [-0.25, -0.2) is 0 Å². The summed E-state index contributed by atoms with van der Waals surface area (Å²) in [6, 6.07) is 12.5. The van der Waals surface area contributed by atoms with Gasteiger partial charge in [-0.15, -0.1) is 0 Å². The van der Waals surface area contributed by atoms with E-state index >= 15 is 0 Å². The van der Waals surface area contributed by atoms with Gasteiger partial charge in [0.25, 0.3) is 5.24 Å². The second-order valence-corrected chi connectivity index (χ2v) is 9.86. The van der Waals surface area contributed by atoms with E-state index in [-0.39, 0.29) is 11.8 Å². The lowest BCUT2D eigenvalue weighted by atomic mass is 9.86. The maximum absolute atomic E-state index is 12.7. The first-order chi connectivity index (χ1) is 15.7. The highest BCUT2D eigenvalue weighted by atomic mass is 35.5. The number of nitrogens with zero attached hydrogens (tertiary/aromatic N) is 1. The van der Waals surface area contributed by atoms with Gasteiger partial charge in [-0.1, -0.05) is 55.1 Å². The summed E-state index contributed by atoms with van der Waals surface area (Å²) < 4.78 is 0. The molecule has 0 aliphatic heterocycles. The zero-order valence-corrected chi connectivity index (χ0v) is 21.2. The molecule has 2 aromatic rings. The minimum atomic E-state index is -0.575. The standard InChI is InChI=1S/C26H29Cl3N2O2/c1-3-7-23(18-8-10-19(11-9-18)25(29)33)30-26(12-5-4-6-13-26)31-24(17(2)32)20-14-21(27)16-22(28)15-20/h8-11,14-16,23,30H,3-7,12-13H2,1-2H3/t23-/m1/s1. The van der Waals surface area contributed by atoms with E-state index in [1.165, 1.54) is 6.92 Å². The van der Waals surface area contributed by atoms with E-state index in [0.29, 0.717) is 26.9 Å². The van der Waals surface area contributed by atoms with Crippen molar-refractivity contribution in [1.82, 2.24) is 5.32 Å². The van der Waals surface area contributed by atoms with Crippen molar-refractivity contribution in [3.8, 4) is 0 Å². The van der Waals surface area contributed by atoms with Gasteiger partial charge >= 0.3 is 0 Å². The van der Waals surface area contributed by atoms with Crippen LogP contribution in [0.3, 0.4) is 0 Å². The smallest absolute Gasteiger partial charge is 0.252 e. The number of aliphatic imine (C=N–C) groups is 1. The van der Waals surface area contributed by atoms with Crippen molar-refractivity contribution in [2.24, 2.45) is 4.99 Å². The maximum Gasteiger partial charge on any atom is 0.252 e. The highest BCUT2D eigenvalue weighted by molar-refractivity contribution is 6.67. The van der Waals surface area contributed by atoms with Gasteiger partial charge in [-0.3, -0.25) is 19.9 Å². The normalized spacial score (nSPS) is 16.9. The number of halogens is 3. The average Bonchev–Trinajstić information content (AvgIpc) is 2.77. The summed E-state index contributed by atoms with van der Waals surface area (Å²) in [4.78, 5) is 29.2. The lowest BCUT2D eigenvalue weighted by molar-refractivity contribution is -0.111. The monoisotopic (exact) mass is 506 g/mol. The molecule has 1 aliphatic carbocycles. The minimum Gasteiger partial charge on any atom is -0.293 e. The van der Waals surface area contributed by atoms with Crippen molar-refractivity contribution in [3.05, 3.63) is 69.2 Å². The number of hydrogen-bond acceptors (Lipinski definition) is 4. The van der Waals surface area contributed by atoms with E-state index in [1.54, 1.807) is 30.3 Å². The van der Waals surface area contributed by atoms with Gasteiger partial charge in [-0.05, 0) is 79.6 Å². The van der Waals surface area contributed by atoms with Gasteiger partial charge in [0.2, 0.25) is 0 Å². The fraction of sp³-hybridized carbons (Fsp3) is 0.423. The Bertz CT molecular complexity index is 1010. The Labute approximate surface area is 210 Å². The molecule has 0 aromatic heterocycles. The Morgan fingerprint density at radius 2 is 1.61 bits per heavy atom. The van der Waals surface area contributed by atoms with E-state index in [9.17, 15) is 9.59 Å². The summed E-state index contributed by atoms with van der Waals surface area (Å²) in [5.74, 6) is -0.128. The quantitative estimate of drug-likeness (QED) is 0.282. The van der Waals surface area contributed by atoms with E-state index < -0.39 is 10.9 Å². The Hall–Kier alpha value is -1.72. The summed E-state index contributed by atoms with van der Waals surface area (Å²) in [6.45, 7) is 3.66. The number of carbonyl (C=O) groups excluding carboxylic acids is 2. The minimum absolute atomic E-state index is 0.0208. The highest BCUT2D eigenvalue weighted by Gasteiger charge is 2.35. The van der Waals surface area contributed by atoms with E-state index in [1.807, 2.05) is 12.1 Å². The van der Waals surface area contributed by atoms with Crippen molar-refractivity contribution < 1.29 is 9.59 Å². The van der Waals surface area contributed by atoms with Crippen LogP contribution in [-0.4, -0.2) is 22.4 Å². The molecule has 0 spiro atoms. The number of carbonyl (C=O) groups is 2. The van der Waals surface area contributed by atoms with Crippen LogP contribution in [0.2, 0.25) is 10.0 Å². The molecule has 0 radical (unpaired) electrons. The molecule has 0 unspecified atom stereocenters. The molecule has 0 amide bonds. The Balaban J connectivity index is 2.02. The SMILES string of the molecule is CCC[C@@H](NC1(N=C(C(C)=O)c2cc(Cl)cc(Cl)c2)CCCCC1)c1ccc(C(=O)Cl)cc1. The molecule has 1 aliphatic rings. The lowest BCUT2D eigenvalue weighted by Gasteiger charge is -2.39. The molecular formula is C26H29Cl3N2O2. The second-order valence-electron chi connectivity index (χ2n) is 8.65. The van der Waals surface area contributed by atoms with Gasteiger partial charge in [0, 0.05) is 34.1 Å². The van der Waals surface area contributed by atoms with Crippen molar-refractivity contribution in [2.75, 3.05) is 0 Å². The molecule has 1 atom stereocenters. The van der Waals surface area contributed by atoms with Crippen molar-refractivity contribution >= 4 is 51.5 Å². The third kappa shape index (κ3) is 6.89. The average molecular weight is 508 g/mol. The largest absolute Gasteiger partial charge is 0.293 e. The summed E-state index contributed by atoms with van der Waals surface area (Å²) in [5.41, 5.74) is 1.97. The lowest BCUT2D eigenvalue weighted by Crippen LogP contribution is -2.48. The predicted octanol–water partition coefficient (Wildman–Crippen LogP) is 7.54. The maximum atomic E-state index is 12.7. The third-order valence-corrected chi connectivity index (χ3v) is 6.69. The molecule has 176 valence electrons. The van der Waals surface area contributed by atoms with Crippen LogP contribution in [0.1, 0.15) is 86.3 Å². The van der Waals surface area contributed by atoms with Crippen molar-refractivity contribution in [1.29, 1.82) is 0 Å². The molecule has 1 saturated carbocycles. The zero-order valence-electron chi connectivity index (χ0n) is 19.0. The number of ketones is 1.